The van der Waals surface area contributed by atoms with Crippen molar-refractivity contribution in [3.8, 4) is 0 Å². The van der Waals surface area contributed by atoms with Crippen LogP contribution in [0.5, 0.6) is 0 Å². The lowest BCUT2D eigenvalue weighted by Crippen LogP contribution is -2.18. The van der Waals surface area contributed by atoms with Gasteiger partial charge in [-0.15, -0.1) is 0 Å². The van der Waals surface area contributed by atoms with E-state index < -0.39 is 0 Å². The second-order valence-electron chi connectivity index (χ2n) is 4.21. The van der Waals surface area contributed by atoms with Gasteiger partial charge in [-0.2, -0.15) is 0 Å². The van der Waals surface area contributed by atoms with Crippen LogP contribution in [0, 0.1) is 0 Å². The Bertz CT molecular complexity index is 468. The molecule has 2 aromatic rings. The summed E-state index contributed by atoms with van der Waals surface area (Å²) in [6.07, 6.45) is 0. The Hall–Kier alpha value is -1.87. The smallest absolute Gasteiger partial charge is 0.123 e. The first-order valence-corrected chi connectivity index (χ1v) is 5.68. The lowest BCUT2D eigenvalue weighted by atomic mass is 10.2. The summed E-state index contributed by atoms with van der Waals surface area (Å²) in [7, 11) is 2.08. The molecule has 0 bridgehead atoms. The van der Waals surface area contributed by atoms with Crippen LogP contribution in [0.4, 0.5) is 5.82 Å². The molecule has 0 aliphatic rings. The van der Waals surface area contributed by atoms with Gasteiger partial charge in [-0.25, -0.2) is 4.98 Å². The van der Waals surface area contributed by atoms with Crippen molar-refractivity contribution in [1.29, 1.82) is 0 Å². The van der Waals surface area contributed by atoms with E-state index in [4.69, 9.17) is 5.73 Å². The van der Waals surface area contributed by atoms with E-state index >= 15 is 0 Å². The highest BCUT2D eigenvalue weighted by molar-refractivity contribution is 5.28. The molecule has 0 saturated heterocycles. The van der Waals surface area contributed by atoms with E-state index in [0.717, 1.165) is 18.8 Å². The molecule has 88 valence electrons. The summed E-state index contributed by atoms with van der Waals surface area (Å²) >= 11 is 0. The first-order chi connectivity index (χ1) is 8.24. The monoisotopic (exact) mass is 227 g/mol. The molecule has 0 amide bonds. The second-order valence-corrected chi connectivity index (χ2v) is 4.21. The molecule has 0 aliphatic carbocycles. The van der Waals surface area contributed by atoms with Crippen LogP contribution in [0.25, 0.3) is 0 Å². The predicted molar refractivity (Wildman–Crippen MR) is 70.3 cm³/mol. The average Bonchev–Trinajstić information content (AvgIpc) is 2.30. The number of rotatable bonds is 4. The number of nitrogens with two attached hydrogens (primary N) is 1. The molecule has 0 spiro atoms. The molecule has 0 fully saturated rings. The Morgan fingerprint density at radius 1 is 1.00 bits per heavy atom. The minimum absolute atomic E-state index is 0.579. The van der Waals surface area contributed by atoms with Gasteiger partial charge in [-0.3, -0.25) is 4.90 Å². The molecule has 1 heterocycles. The topological polar surface area (TPSA) is 42.1 Å². The zero-order chi connectivity index (χ0) is 12.1. The van der Waals surface area contributed by atoms with Gasteiger partial charge < -0.3 is 5.73 Å². The quantitative estimate of drug-likeness (QED) is 0.871. The van der Waals surface area contributed by atoms with Gasteiger partial charge >= 0.3 is 0 Å². The van der Waals surface area contributed by atoms with Gasteiger partial charge in [-0.05, 0) is 24.7 Å². The van der Waals surface area contributed by atoms with Crippen LogP contribution < -0.4 is 5.73 Å². The lowest BCUT2D eigenvalue weighted by Gasteiger charge is -2.16. The Labute approximate surface area is 102 Å². The minimum Gasteiger partial charge on any atom is -0.384 e. The van der Waals surface area contributed by atoms with Gasteiger partial charge in [0.05, 0.1) is 5.69 Å². The van der Waals surface area contributed by atoms with E-state index in [9.17, 15) is 0 Å². The Kier molecular flexibility index (Phi) is 3.73. The summed E-state index contributed by atoms with van der Waals surface area (Å²) in [5, 5.41) is 0. The molecule has 0 atom stereocenters. The van der Waals surface area contributed by atoms with Crippen molar-refractivity contribution in [1.82, 2.24) is 9.88 Å². The fourth-order valence-corrected chi connectivity index (χ4v) is 1.81. The molecule has 0 saturated carbocycles. The zero-order valence-electron chi connectivity index (χ0n) is 10.0. The molecule has 0 unspecified atom stereocenters. The standard InChI is InChI=1S/C14H17N3/c1-17(10-12-6-3-2-4-7-12)11-13-8-5-9-14(15)16-13/h2-9H,10-11H2,1H3,(H2,15,16). The van der Waals surface area contributed by atoms with Crippen LogP contribution in [0.15, 0.2) is 48.5 Å². The van der Waals surface area contributed by atoms with Gasteiger partial charge in [0, 0.05) is 13.1 Å². The maximum atomic E-state index is 5.66. The van der Waals surface area contributed by atoms with Crippen molar-refractivity contribution in [2.45, 2.75) is 13.1 Å². The van der Waals surface area contributed by atoms with Crippen LogP contribution in [0.2, 0.25) is 0 Å². The fourth-order valence-electron chi connectivity index (χ4n) is 1.81. The number of nitrogen functional groups attached to an aromatic ring is 1. The molecule has 0 aliphatic heterocycles. The summed E-state index contributed by atoms with van der Waals surface area (Å²) in [6.45, 7) is 1.72. The lowest BCUT2D eigenvalue weighted by molar-refractivity contribution is 0.315. The van der Waals surface area contributed by atoms with E-state index in [1.54, 1.807) is 6.07 Å². The van der Waals surface area contributed by atoms with E-state index in [0.29, 0.717) is 5.82 Å². The summed E-state index contributed by atoms with van der Waals surface area (Å²) in [6, 6.07) is 16.1. The normalized spacial score (nSPS) is 10.7. The van der Waals surface area contributed by atoms with Crippen LogP contribution in [0.3, 0.4) is 0 Å². The van der Waals surface area contributed by atoms with E-state index in [-0.39, 0.29) is 0 Å². The van der Waals surface area contributed by atoms with E-state index in [1.807, 2.05) is 18.2 Å². The highest BCUT2D eigenvalue weighted by Gasteiger charge is 2.02. The van der Waals surface area contributed by atoms with Gasteiger partial charge in [0.25, 0.3) is 0 Å². The Morgan fingerprint density at radius 2 is 1.76 bits per heavy atom. The van der Waals surface area contributed by atoms with Crippen LogP contribution in [0.1, 0.15) is 11.3 Å². The third kappa shape index (κ3) is 3.57. The highest BCUT2D eigenvalue weighted by Crippen LogP contribution is 2.07. The summed E-state index contributed by atoms with van der Waals surface area (Å²) in [5.74, 6) is 0.579. The van der Waals surface area contributed by atoms with Gasteiger partial charge in [0.2, 0.25) is 0 Å². The molecule has 17 heavy (non-hydrogen) atoms. The molecule has 3 nitrogen and oxygen atoms in total. The SMILES string of the molecule is CN(Cc1ccccc1)Cc1cccc(N)n1. The van der Waals surface area contributed by atoms with Gasteiger partial charge in [0.1, 0.15) is 5.82 Å². The van der Waals surface area contributed by atoms with Crippen molar-refractivity contribution in [2.75, 3.05) is 12.8 Å². The first kappa shape index (κ1) is 11.6. The van der Waals surface area contributed by atoms with Crippen molar-refractivity contribution >= 4 is 5.82 Å². The maximum Gasteiger partial charge on any atom is 0.123 e. The maximum absolute atomic E-state index is 5.66. The molecule has 2 N–H and O–H groups in total. The van der Waals surface area contributed by atoms with Gasteiger partial charge in [0.15, 0.2) is 0 Å². The van der Waals surface area contributed by atoms with Crippen molar-refractivity contribution in [3.05, 3.63) is 59.8 Å². The molecule has 2 rings (SSSR count). The molecular formula is C14H17N3. The Balaban J connectivity index is 1.96. The number of aromatic nitrogens is 1. The molecule has 3 heteroatoms. The summed E-state index contributed by atoms with van der Waals surface area (Å²) < 4.78 is 0. The molecular weight excluding hydrogens is 210 g/mol. The average molecular weight is 227 g/mol. The molecule has 0 radical (unpaired) electrons. The molecule has 1 aromatic carbocycles. The number of benzene rings is 1. The first-order valence-electron chi connectivity index (χ1n) is 5.68. The van der Waals surface area contributed by atoms with Crippen molar-refractivity contribution in [2.24, 2.45) is 0 Å². The third-order valence-electron chi connectivity index (χ3n) is 2.56. The highest BCUT2D eigenvalue weighted by atomic mass is 15.1. The second kappa shape index (κ2) is 5.46. The minimum atomic E-state index is 0.579. The largest absolute Gasteiger partial charge is 0.384 e. The van der Waals surface area contributed by atoms with E-state index in [2.05, 4.69) is 41.2 Å². The van der Waals surface area contributed by atoms with Crippen molar-refractivity contribution in [3.63, 3.8) is 0 Å². The molecule has 1 aromatic heterocycles. The number of hydrogen-bond acceptors (Lipinski definition) is 3. The Morgan fingerprint density at radius 3 is 2.47 bits per heavy atom. The van der Waals surface area contributed by atoms with Gasteiger partial charge in [-0.1, -0.05) is 36.4 Å². The fraction of sp³-hybridized carbons (Fsp3) is 0.214. The number of anilines is 1. The summed E-state index contributed by atoms with van der Waals surface area (Å²) in [5.41, 5.74) is 7.96. The zero-order valence-corrected chi connectivity index (χ0v) is 10.0. The summed E-state index contributed by atoms with van der Waals surface area (Å²) in [4.78, 5) is 6.51. The van der Waals surface area contributed by atoms with Crippen LogP contribution >= 0.6 is 0 Å². The van der Waals surface area contributed by atoms with Crippen molar-refractivity contribution < 1.29 is 0 Å². The predicted octanol–water partition coefficient (Wildman–Crippen LogP) is 2.30. The third-order valence-corrected chi connectivity index (χ3v) is 2.56. The number of pyridine rings is 1. The van der Waals surface area contributed by atoms with E-state index in [1.165, 1.54) is 5.56 Å². The van der Waals surface area contributed by atoms with Crippen LogP contribution in [-0.2, 0) is 13.1 Å². The number of nitrogens with zero attached hydrogens (tertiary/aromatic N) is 2. The number of hydrogen-bond donors (Lipinski definition) is 1. The van der Waals surface area contributed by atoms with Crippen LogP contribution in [-0.4, -0.2) is 16.9 Å².